The van der Waals surface area contributed by atoms with Crippen LogP contribution in [0.4, 0.5) is 5.69 Å². The van der Waals surface area contributed by atoms with Crippen LogP contribution in [0.1, 0.15) is 11.1 Å². The number of fused-ring (bicyclic) bond motifs is 2. The molecule has 1 aliphatic heterocycles. The number of nitrogens with one attached hydrogen (secondary N) is 2. The monoisotopic (exact) mass is 354 g/mol. The summed E-state index contributed by atoms with van der Waals surface area (Å²) in [5.74, 6) is 0.790. The lowest BCUT2D eigenvalue weighted by Gasteiger charge is -2.17. The number of anilines is 1. The number of ether oxygens (including phenoxy) is 1. The summed E-state index contributed by atoms with van der Waals surface area (Å²) in [6, 6.07) is 12.8. The molecular formula is C19H15ClN2O3. The quantitative estimate of drug-likeness (QED) is 0.757. The number of carbonyl (C=O) groups is 1. The number of Topliss-reactive ketones (excluding diaryl/α,β-unsaturated/α-hetero) is 1. The molecule has 0 amide bonds. The fourth-order valence-electron chi connectivity index (χ4n) is 2.92. The lowest BCUT2D eigenvalue weighted by molar-refractivity contribution is -0.121. The van der Waals surface area contributed by atoms with Crippen LogP contribution in [0.2, 0.25) is 5.02 Å². The first-order valence-corrected chi connectivity index (χ1v) is 8.29. The Kier molecular flexibility index (Phi) is 3.93. The highest BCUT2D eigenvalue weighted by molar-refractivity contribution is 6.31. The fraction of sp³-hybridized carbons (Fsp3) is 0.158. The molecule has 2 N–H and O–H groups in total. The van der Waals surface area contributed by atoms with Crippen LogP contribution in [0, 0.1) is 0 Å². The van der Waals surface area contributed by atoms with Gasteiger partial charge < -0.3 is 15.0 Å². The summed E-state index contributed by atoms with van der Waals surface area (Å²) in [6.45, 7) is 0.483. The molecule has 2 aromatic carbocycles. The van der Waals surface area contributed by atoms with Crippen molar-refractivity contribution in [2.45, 2.75) is 13.0 Å². The summed E-state index contributed by atoms with van der Waals surface area (Å²) in [6.07, 6.45) is 0.403. The summed E-state index contributed by atoms with van der Waals surface area (Å²) in [5.41, 5.74) is 2.95. The molecule has 0 spiro atoms. The Bertz CT molecular complexity index is 1040. The molecule has 0 unspecified atom stereocenters. The fourth-order valence-corrected chi connectivity index (χ4v) is 3.10. The molecule has 5 nitrogen and oxygen atoms in total. The van der Waals surface area contributed by atoms with Gasteiger partial charge in [0.1, 0.15) is 12.4 Å². The normalized spacial score (nSPS) is 13.4. The molecule has 4 rings (SSSR count). The van der Waals surface area contributed by atoms with E-state index in [2.05, 4.69) is 10.3 Å². The molecule has 1 aliphatic rings. The number of halogens is 1. The van der Waals surface area contributed by atoms with E-state index in [4.69, 9.17) is 16.3 Å². The van der Waals surface area contributed by atoms with E-state index in [0.29, 0.717) is 29.3 Å². The van der Waals surface area contributed by atoms with E-state index in [1.807, 2.05) is 30.3 Å². The topological polar surface area (TPSA) is 71.2 Å². The molecule has 0 atom stereocenters. The number of aromatic amines is 1. The SMILES string of the molecule is O=C1COc2cc(NCc3cc4cc(Cl)ccc4[nH]c3=O)ccc2C1. The Morgan fingerprint density at radius 3 is 2.88 bits per heavy atom. The molecule has 0 radical (unpaired) electrons. The van der Waals surface area contributed by atoms with Gasteiger partial charge in [-0.15, -0.1) is 0 Å². The summed E-state index contributed by atoms with van der Waals surface area (Å²) in [7, 11) is 0. The van der Waals surface area contributed by atoms with E-state index in [9.17, 15) is 9.59 Å². The third kappa shape index (κ3) is 3.23. The molecule has 0 saturated carbocycles. The lowest BCUT2D eigenvalue weighted by Crippen LogP contribution is -2.20. The van der Waals surface area contributed by atoms with Gasteiger partial charge in [-0.2, -0.15) is 0 Å². The Morgan fingerprint density at radius 1 is 1.12 bits per heavy atom. The van der Waals surface area contributed by atoms with Crippen molar-refractivity contribution >= 4 is 34.0 Å². The third-order valence-corrected chi connectivity index (χ3v) is 4.44. The van der Waals surface area contributed by atoms with E-state index in [1.54, 1.807) is 12.1 Å². The average Bonchev–Trinajstić information content (AvgIpc) is 2.60. The Hall–Kier alpha value is -2.79. The van der Waals surface area contributed by atoms with Crippen molar-refractivity contribution < 1.29 is 9.53 Å². The maximum Gasteiger partial charge on any atom is 0.253 e. The Labute approximate surface area is 148 Å². The number of hydrogen-bond acceptors (Lipinski definition) is 4. The number of pyridine rings is 1. The molecule has 0 aliphatic carbocycles. The molecule has 0 saturated heterocycles. The van der Waals surface area contributed by atoms with Crippen LogP contribution in [-0.4, -0.2) is 17.4 Å². The first kappa shape index (κ1) is 15.7. The van der Waals surface area contributed by atoms with Gasteiger partial charge in [0.15, 0.2) is 5.78 Å². The second-order valence-electron chi connectivity index (χ2n) is 6.04. The van der Waals surface area contributed by atoms with Crippen LogP contribution in [0.5, 0.6) is 5.75 Å². The van der Waals surface area contributed by atoms with Gasteiger partial charge >= 0.3 is 0 Å². The summed E-state index contributed by atoms with van der Waals surface area (Å²) >= 11 is 6.02. The standard InChI is InChI=1S/C19H15ClN2O3/c20-14-2-4-17-12(6-14)5-13(19(24)22-17)9-21-15-3-1-11-7-16(23)10-25-18(11)8-15/h1-6,8,21H,7,9-10H2,(H,22,24). The molecule has 0 bridgehead atoms. The van der Waals surface area contributed by atoms with Crippen LogP contribution >= 0.6 is 11.6 Å². The van der Waals surface area contributed by atoms with Crippen molar-refractivity contribution in [3.63, 3.8) is 0 Å². The number of carbonyl (C=O) groups excluding carboxylic acids is 1. The van der Waals surface area contributed by atoms with Gasteiger partial charge in [-0.25, -0.2) is 0 Å². The highest BCUT2D eigenvalue weighted by Gasteiger charge is 2.16. The van der Waals surface area contributed by atoms with Gasteiger partial charge in [0, 0.05) is 51.8 Å². The van der Waals surface area contributed by atoms with Crippen molar-refractivity contribution in [3.8, 4) is 5.75 Å². The van der Waals surface area contributed by atoms with Crippen molar-refractivity contribution in [3.05, 3.63) is 69.0 Å². The summed E-state index contributed by atoms with van der Waals surface area (Å²) in [5, 5.41) is 4.73. The smallest absolute Gasteiger partial charge is 0.253 e. The Morgan fingerprint density at radius 2 is 2.00 bits per heavy atom. The molecule has 2 heterocycles. The first-order valence-electron chi connectivity index (χ1n) is 7.91. The minimum Gasteiger partial charge on any atom is -0.485 e. The molecule has 6 heteroatoms. The van der Waals surface area contributed by atoms with E-state index in [1.165, 1.54) is 0 Å². The predicted octanol–water partition coefficient (Wildman–Crippen LogP) is 3.30. The van der Waals surface area contributed by atoms with E-state index in [-0.39, 0.29) is 17.9 Å². The van der Waals surface area contributed by atoms with Crippen LogP contribution in [-0.2, 0) is 17.8 Å². The van der Waals surface area contributed by atoms with Gasteiger partial charge in [-0.3, -0.25) is 9.59 Å². The zero-order valence-electron chi connectivity index (χ0n) is 13.3. The van der Waals surface area contributed by atoms with Crippen molar-refractivity contribution in [2.24, 2.45) is 0 Å². The van der Waals surface area contributed by atoms with Gasteiger partial charge in [0.2, 0.25) is 0 Å². The second-order valence-corrected chi connectivity index (χ2v) is 6.47. The maximum atomic E-state index is 12.2. The zero-order chi connectivity index (χ0) is 17.4. The molecule has 3 aromatic rings. The summed E-state index contributed by atoms with van der Waals surface area (Å²) in [4.78, 5) is 26.5. The third-order valence-electron chi connectivity index (χ3n) is 4.21. The molecule has 0 fully saturated rings. The zero-order valence-corrected chi connectivity index (χ0v) is 14.0. The first-order chi connectivity index (χ1) is 12.1. The average molecular weight is 355 g/mol. The van der Waals surface area contributed by atoms with Crippen LogP contribution in [0.3, 0.4) is 0 Å². The molecular weight excluding hydrogens is 340 g/mol. The predicted molar refractivity (Wildman–Crippen MR) is 97.6 cm³/mol. The maximum absolute atomic E-state index is 12.2. The molecule has 25 heavy (non-hydrogen) atoms. The summed E-state index contributed by atoms with van der Waals surface area (Å²) < 4.78 is 5.45. The van der Waals surface area contributed by atoms with Crippen molar-refractivity contribution in [2.75, 3.05) is 11.9 Å². The molecule has 1 aromatic heterocycles. The minimum atomic E-state index is -0.137. The number of aromatic nitrogens is 1. The van der Waals surface area contributed by atoms with Crippen LogP contribution in [0.15, 0.2) is 47.3 Å². The second kappa shape index (κ2) is 6.26. The van der Waals surface area contributed by atoms with Gasteiger partial charge in [-0.05, 0) is 30.3 Å². The van der Waals surface area contributed by atoms with E-state index >= 15 is 0 Å². The number of hydrogen-bond donors (Lipinski definition) is 2. The largest absolute Gasteiger partial charge is 0.485 e. The highest BCUT2D eigenvalue weighted by Crippen LogP contribution is 2.27. The number of benzene rings is 2. The number of H-pyrrole nitrogens is 1. The number of rotatable bonds is 3. The van der Waals surface area contributed by atoms with Crippen molar-refractivity contribution in [1.82, 2.24) is 4.98 Å². The van der Waals surface area contributed by atoms with Gasteiger partial charge in [0.25, 0.3) is 5.56 Å². The highest BCUT2D eigenvalue weighted by atomic mass is 35.5. The molecule has 126 valence electrons. The van der Waals surface area contributed by atoms with Crippen LogP contribution < -0.4 is 15.6 Å². The minimum absolute atomic E-state index is 0.0783. The van der Waals surface area contributed by atoms with Gasteiger partial charge in [-0.1, -0.05) is 17.7 Å². The van der Waals surface area contributed by atoms with E-state index < -0.39 is 0 Å². The van der Waals surface area contributed by atoms with Crippen molar-refractivity contribution in [1.29, 1.82) is 0 Å². The van der Waals surface area contributed by atoms with Crippen LogP contribution in [0.25, 0.3) is 10.9 Å². The number of ketones is 1. The van der Waals surface area contributed by atoms with E-state index in [0.717, 1.165) is 22.2 Å². The Balaban J connectivity index is 1.57. The van der Waals surface area contributed by atoms with Gasteiger partial charge in [0.05, 0.1) is 0 Å². The lowest BCUT2D eigenvalue weighted by atomic mass is 10.1.